The third kappa shape index (κ3) is 2.58. The van der Waals surface area contributed by atoms with Crippen LogP contribution in [-0.2, 0) is 12.0 Å². The predicted octanol–water partition coefficient (Wildman–Crippen LogP) is 4.52. The Morgan fingerprint density at radius 3 is 2.74 bits per heavy atom. The van der Waals surface area contributed by atoms with E-state index in [1.807, 2.05) is 0 Å². The molecule has 1 heterocycles. The molecule has 0 N–H and O–H groups in total. The molecule has 0 aliphatic carbocycles. The second-order valence-corrected chi connectivity index (χ2v) is 5.54. The van der Waals surface area contributed by atoms with Gasteiger partial charge < -0.3 is 4.57 Å². The van der Waals surface area contributed by atoms with Crippen molar-refractivity contribution in [2.75, 3.05) is 0 Å². The second-order valence-electron chi connectivity index (χ2n) is 5.54. The molecule has 1 nitrogen and oxygen atoms in total. The van der Waals surface area contributed by atoms with Gasteiger partial charge in [0.2, 0.25) is 0 Å². The van der Waals surface area contributed by atoms with Crippen molar-refractivity contribution < 1.29 is 0 Å². The SMILES string of the molecule is C#CCn1c(C(C)(C)C/C=C\C)cc2ccccc21. The van der Waals surface area contributed by atoms with Crippen molar-refractivity contribution in [3.8, 4) is 12.3 Å². The van der Waals surface area contributed by atoms with Crippen molar-refractivity contribution in [2.45, 2.75) is 39.2 Å². The van der Waals surface area contributed by atoms with Gasteiger partial charge in [-0.05, 0) is 30.9 Å². The predicted molar refractivity (Wildman–Crippen MR) is 83.2 cm³/mol. The minimum absolute atomic E-state index is 0.0857. The minimum Gasteiger partial charge on any atom is -0.332 e. The Balaban J connectivity index is 2.59. The fourth-order valence-corrected chi connectivity index (χ4v) is 2.55. The van der Waals surface area contributed by atoms with Gasteiger partial charge in [-0.1, -0.05) is 50.1 Å². The van der Waals surface area contributed by atoms with E-state index < -0.39 is 0 Å². The number of hydrogen-bond acceptors (Lipinski definition) is 0. The maximum Gasteiger partial charge on any atom is 0.0837 e. The molecule has 0 spiro atoms. The van der Waals surface area contributed by atoms with Gasteiger partial charge in [-0.3, -0.25) is 0 Å². The third-order valence-electron chi connectivity index (χ3n) is 3.62. The van der Waals surface area contributed by atoms with Gasteiger partial charge in [0.15, 0.2) is 0 Å². The van der Waals surface area contributed by atoms with Gasteiger partial charge in [0.25, 0.3) is 0 Å². The van der Waals surface area contributed by atoms with Crippen LogP contribution in [0, 0.1) is 12.3 Å². The van der Waals surface area contributed by atoms with E-state index in [0.29, 0.717) is 6.54 Å². The summed E-state index contributed by atoms with van der Waals surface area (Å²) in [5.74, 6) is 2.78. The second kappa shape index (κ2) is 5.36. The molecule has 1 heteroatoms. The van der Waals surface area contributed by atoms with Gasteiger partial charge >= 0.3 is 0 Å². The molecule has 0 saturated heterocycles. The Morgan fingerprint density at radius 1 is 1.32 bits per heavy atom. The zero-order chi connectivity index (χ0) is 13.9. The fourth-order valence-electron chi connectivity index (χ4n) is 2.55. The van der Waals surface area contributed by atoms with Crippen LogP contribution in [0.4, 0.5) is 0 Å². The van der Waals surface area contributed by atoms with Gasteiger partial charge in [0.1, 0.15) is 0 Å². The minimum atomic E-state index is 0.0857. The lowest BCUT2D eigenvalue weighted by atomic mass is 9.85. The number of rotatable bonds is 4. The fraction of sp³-hybridized carbons (Fsp3) is 0.333. The van der Waals surface area contributed by atoms with Crippen molar-refractivity contribution in [3.63, 3.8) is 0 Å². The van der Waals surface area contributed by atoms with Crippen LogP contribution >= 0.6 is 0 Å². The van der Waals surface area contributed by atoms with Gasteiger partial charge in [-0.25, -0.2) is 0 Å². The van der Waals surface area contributed by atoms with Gasteiger partial charge in [0.05, 0.1) is 6.54 Å². The Labute approximate surface area is 115 Å². The Morgan fingerprint density at radius 2 is 2.05 bits per heavy atom. The number of para-hydroxylation sites is 1. The summed E-state index contributed by atoms with van der Waals surface area (Å²) in [7, 11) is 0. The highest BCUT2D eigenvalue weighted by molar-refractivity contribution is 5.81. The monoisotopic (exact) mass is 251 g/mol. The molecule has 19 heavy (non-hydrogen) atoms. The zero-order valence-electron chi connectivity index (χ0n) is 12.0. The van der Waals surface area contributed by atoms with E-state index in [4.69, 9.17) is 6.42 Å². The van der Waals surface area contributed by atoms with E-state index in [-0.39, 0.29) is 5.41 Å². The number of hydrogen-bond donors (Lipinski definition) is 0. The van der Waals surface area contributed by atoms with Crippen molar-refractivity contribution in [1.82, 2.24) is 4.57 Å². The van der Waals surface area contributed by atoms with Crippen LogP contribution in [0.2, 0.25) is 0 Å². The molecule has 2 aromatic rings. The highest BCUT2D eigenvalue weighted by Crippen LogP contribution is 2.32. The molecule has 0 radical (unpaired) electrons. The number of nitrogens with zero attached hydrogens (tertiary/aromatic N) is 1. The summed E-state index contributed by atoms with van der Waals surface area (Å²) in [5, 5.41) is 1.27. The van der Waals surface area contributed by atoms with E-state index in [2.05, 4.69) is 73.7 Å². The molecule has 2 rings (SSSR count). The molecule has 0 atom stereocenters. The first-order chi connectivity index (χ1) is 9.10. The summed E-state index contributed by atoms with van der Waals surface area (Å²) in [5.41, 5.74) is 2.62. The topological polar surface area (TPSA) is 4.93 Å². The first-order valence-corrected chi connectivity index (χ1v) is 6.73. The molecule has 1 aromatic heterocycles. The smallest absolute Gasteiger partial charge is 0.0837 e. The molecule has 0 amide bonds. The van der Waals surface area contributed by atoms with Crippen molar-refractivity contribution >= 4 is 10.9 Å². The lowest BCUT2D eigenvalue weighted by molar-refractivity contribution is 0.494. The van der Waals surface area contributed by atoms with Crippen molar-refractivity contribution in [1.29, 1.82) is 0 Å². The summed E-state index contributed by atoms with van der Waals surface area (Å²) in [6.45, 7) is 7.23. The summed E-state index contributed by atoms with van der Waals surface area (Å²) in [6.07, 6.45) is 10.9. The number of benzene rings is 1. The van der Waals surface area contributed by atoms with E-state index in [1.54, 1.807) is 0 Å². The van der Waals surface area contributed by atoms with Crippen LogP contribution in [-0.4, -0.2) is 4.57 Å². The molecular formula is C18H21N. The maximum absolute atomic E-state index is 5.54. The summed E-state index contributed by atoms with van der Waals surface area (Å²) < 4.78 is 2.26. The van der Waals surface area contributed by atoms with Crippen LogP contribution in [0.3, 0.4) is 0 Å². The third-order valence-corrected chi connectivity index (χ3v) is 3.62. The lowest BCUT2D eigenvalue weighted by Gasteiger charge is -2.25. The summed E-state index contributed by atoms with van der Waals surface area (Å²) in [4.78, 5) is 0. The van der Waals surface area contributed by atoms with E-state index in [0.717, 1.165) is 6.42 Å². The molecular weight excluding hydrogens is 230 g/mol. The van der Waals surface area contributed by atoms with E-state index in [1.165, 1.54) is 16.6 Å². The van der Waals surface area contributed by atoms with Crippen LogP contribution in [0.25, 0.3) is 10.9 Å². The zero-order valence-corrected chi connectivity index (χ0v) is 12.0. The van der Waals surface area contributed by atoms with Gasteiger partial charge in [-0.15, -0.1) is 6.42 Å². The van der Waals surface area contributed by atoms with Gasteiger partial charge in [-0.2, -0.15) is 0 Å². The molecule has 0 unspecified atom stereocenters. The van der Waals surface area contributed by atoms with Crippen molar-refractivity contribution in [2.24, 2.45) is 0 Å². The largest absolute Gasteiger partial charge is 0.332 e. The molecule has 98 valence electrons. The maximum atomic E-state index is 5.54. The molecule has 0 saturated carbocycles. The molecule has 0 fully saturated rings. The number of allylic oxidation sites excluding steroid dienone is 2. The quantitative estimate of drug-likeness (QED) is 0.556. The first kappa shape index (κ1) is 13.5. The first-order valence-electron chi connectivity index (χ1n) is 6.73. The Bertz CT molecular complexity index is 635. The standard InChI is InChI=1S/C18H21N/c1-5-7-12-18(3,4)17-14-15-10-8-9-11-16(15)19(17)13-6-2/h2,5,7-11,14H,12-13H2,1,3-4H3/b7-5-. The highest BCUT2D eigenvalue weighted by Gasteiger charge is 2.24. The number of aromatic nitrogens is 1. The van der Waals surface area contributed by atoms with E-state index in [9.17, 15) is 0 Å². The Hall–Kier alpha value is -1.94. The summed E-state index contributed by atoms with van der Waals surface area (Å²) in [6, 6.07) is 10.7. The van der Waals surface area contributed by atoms with E-state index >= 15 is 0 Å². The van der Waals surface area contributed by atoms with Crippen LogP contribution in [0.1, 0.15) is 32.9 Å². The highest BCUT2D eigenvalue weighted by atomic mass is 15.0. The van der Waals surface area contributed by atoms with Crippen LogP contribution in [0.5, 0.6) is 0 Å². The Kier molecular flexibility index (Phi) is 3.81. The summed E-state index contributed by atoms with van der Waals surface area (Å²) >= 11 is 0. The number of terminal acetylenes is 1. The molecule has 0 bridgehead atoms. The average molecular weight is 251 g/mol. The normalized spacial score (nSPS) is 12.1. The number of fused-ring (bicyclic) bond motifs is 1. The molecule has 0 aliphatic rings. The lowest BCUT2D eigenvalue weighted by Crippen LogP contribution is -2.21. The van der Waals surface area contributed by atoms with Crippen LogP contribution in [0.15, 0.2) is 42.5 Å². The van der Waals surface area contributed by atoms with Crippen LogP contribution < -0.4 is 0 Å². The molecule has 1 aromatic carbocycles. The van der Waals surface area contributed by atoms with Crippen molar-refractivity contribution in [3.05, 3.63) is 48.2 Å². The average Bonchev–Trinajstić information content (AvgIpc) is 2.77. The van der Waals surface area contributed by atoms with Gasteiger partial charge in [0, 0.05) is 16.6 Å². The molecule has 0 aliphatic heterocycles.